The predicted molar refractivity (Wildman–Crippen MR) is 79.3 cm³/mol. The molecular formula is C15H29N3O. The molecule has 1 rings (SSSR count). The molecule has 0 amide bonds. The summed E-state index contributed by atoms with van der Waals surface area (Å²) >= 11 is 0. The summed E-state index contributed by atoms with van der Waals surface area (Å²) in [6.07, 6.45) is 1.84. The van der Waals surface area contributed by atoms with E-state index in [2.05, 4.69) is 56.6 Å². The number of hydrogen-bond acceptors (Lipinski definition) is 3. The van der Waals surface area contributed by atoms with Gasteiger partial charge in [0.15, 0.2) is 0 Å². The first kappa shape index (κ1) is 16.2. The minimum atomic E-state index is 0.0162. The van der Waals surface area contributed by atoms with Gasteiger partial charge in [-0.1, -0.05) is 6.92 Å². The van der Waals surface area contributed by atoms with Crippen molar-refractivity contribution in [2.75, 3.05) is 6.61 Å². The van der Waals surface area contributed by atoms with E-state index in [0.29, 0.717) is 6.04 Å². The van der Waals surface area contributed by atoms with Gasteiger partial charge in [-0.05, 0) is 47.5 Å². The summed E-state index contributed by atoms with van der Waals surface area (Å²) in [5.74, 6) is 0. The zero-order chi connectivity index (χ0) is 14.6. The number of hydrogen-bond donors (Lipinski definition) is 2. The summed E-state index contributed by atoms with van der Waals surface area (Å²) in [5.41, 5.74) is 3.63. The summed E-state index contributed by atoms with van der Waals surface area (Å²) in [4.78, 5) is 0. The third-order valence-corrected chi connectivity index (χ3v) is 3.61. The maximum atomic E-state index is 9.03. The molecule has 0 fully saturated rings. The zero-order valence-corrected chi connectivity index (χ0v) is 13.2. The Morgan fingerprint density at radius 3 is 2.37 bits per heavy atom. The van der Waals surface area contributed by atoms with E-state index in [1.807, 2.05) is 0 Å². The summed E-state index contributed by atoms with van der Waals surface area (Å²) < 4.78 is 2.10. The highest BCUT2D eigenvalue weighted by Crippen LogP contribution is 2.21. The van der Waals surface area contributed by atoms with E-state index in [1.54, 1.807) is 0 Å². The van der Waals surface area contributed by atoms with Crippen LogP contribution in [-0.4, -0.2) is 27.5 Å². The van der Waals surface area contributed by atoms with Crippen molar-refractivity contribution in [3.63, 3.8) is 0 Å². The lowest BCUT2D eigenvalue weighted by Gasteiger charge is -2.22. The molecule has 1 aromatic heterocycles. The van der Waals surface area contributed by atoms with Gasteiger partial charge in [-0.15, -0.1) is 0 Å². The van der Waals surface area contributed by atoms with Crippen LogP contribution in [0.15, 0.2) is 0 Å². The number of aromatic nitrogens is 2. The van der Waals surface area contributed by atoms with Crippen LogP contribution in [0.25, 0.3) is 0 Å². The molecule has 0 saturated heterocycles. The van der Waals surface area contributed by atoms with Crippen LogP contribution in [0.4, 0.5) is 0 Å². The summed E-state index contributed by atoms with van der Waals surface area (Å²) in [6.45, 7) is 13.9. The summed E-state index contributed by atoms with van der Waals surface area (Å²) in [6, 6.07) is 0.377. The SMILES string of the molecule is CCC(CCO)NCc1c(C)nn(C(C)(C)C)c1C. The molecule has 1 unspecified atom stereocenters. The van der Waals surface area contributed by atoms with Crippen molar-refractivity contribution in [3.8, 4) is 0 Å². The van der Waals surface area contributed by atoms with Gasteiger partial charge in [0.05, 0.1) is 11.2 Å². The Labute approximate surface area is 117 Å². The molecule has 0 saturated carbocycles. The smallest absolute Gasteiger partial charge is 0.0641 e. The van der Waals surface area contributed by atoms with Gasteiger partial charge >= 0.3 is 0 Å². The molecule has 1 heterocycles. The minimum Gasteiger partial charge on any atom is -0.396 e. The van der Waals surface area contributed by atoms with Gasteiger partial charge in [-0.2, -0.15) is 5.10 Å². The number of aliphatic hydroxyl groups is 1. The highest BCUT2D eigenvalue weighted by atomic mass is 16.3. The van der Waals surface area contributed by atoms with Crippen LogP contribution in [0.1, 0.15) is 57.5 Å². The molecule has 0 aliphatic rings. The maximum absolute atomic E-state index is 9.03. The normalized spacial score (nSPS) is 13.8. The van der Waals surface area contributed by atoms with E-state index < -0.39 is 0 Å². The molecule has 19 heavy (non-hydrogen) atoms. The third kappa shape index (κ3) is 4.05. The van der Waals surface area contributed by atoms with E-state index in [4.69, 9.17) is 5.11 Å². The van der Waals surface area contributed by atoms with E-state index in [9.17, 15) is 0 Å². The van der Waals surface area contributed by atoms with Gasteiger partial charge in [0, 0.05) is 30.5 Å². The Hall–Kier alpha value is -0.870. The van der Waals surface area contributed by atoms with Gasteiger partial charge < -0.3 is 10.4 Å². The molecule has 1 atom stereocenters. The first-order chi connectivity index (χ1) is 8.81. The van der Waals surface area contributed by atoms with Crippen molar-refractivity contribution in [2.45, 2.75) is 72.5 Å². The monoisotopic (exact) mass is 267 g/mol. The maximum Gasteiger partial charge on any atom is 0.0641 e. The van der Waals surface area contributed by atoms with E-state index in [-0.39, 0.29) is 12.1 Å². The van der Waals surface area contributed by atoms with Crippen LogP contribution in [0.5, 0.6) is 0 Å². The highest BCUT2D eigenvalue weighted by molar-refractivity contribution is 5.25. The van der Waals surface area contributed by atoms with E-state index in [0.717, 1.165) is 25.1 Å². The molecule has 0 spiro atoms. The second kappa shape index (κ2) is 6.53. The Morgan fingerprint density at radius 1 is 1.32 bits per heavy atom. The van der Waals surface area contributed by atoms with Crippen LogP contribution in [0, 0.1) is 13.8 Å². The molecule has 0 aromatic carbocycles. The van der Waals surface area contributed by atoms with Gasteiger partial charge in [0.25, 0.3) is 0 Å². The van der Waals surface area contributed by atoms with E-state index >= 15 is 0 Å². The lowest BCUT2D eigenvalue weighted by molar-refractivity contribution is 0.262. The van der Waals surface area contributed by atoms with Crippen molar-refractivity contribution < 1.29 is 5.11 Å². The van der Waals surface area contributed by atoms with Crippen molar-refractivity contribution in [1.29, 1.82) is 0 Å². The van der Waals surface area contributed by atoms with Crippen LogP contribution in [0.2, 0.25) is 0 Å². The Morgan fingerprint density at radius 2 is 1.95 bits per heavy atom. The fraction of sp³-hybridized carbons (Fsp3) is 0.800. The van der Waals surface area contributed by atoms with Crippen LogP contribution in [0.3, 0.4) is 0 Å². The number of nitrogens with zero attached hydrogens (tertiary/aromatic N) is 2. The molecule has 4 nitrogen and oxygen atoms in total. The molecule has 1 aromatic rings. The number of aryl methyl sites for hydroxylation is 1. The zero-order valence-electron chi connectivity index (χ0n) is 13.2. The lowest BCUT2D eigenvalue weighted by Crippen LogP contribution is -2.29. The first-order valence-electron chi connectivity index (χ1n) is 7.21. The third-order valence-electron chi connectivity index (χ3n) is 3.61. The van der Waals surface area contributed by atoms with Gasteiger partial charge in [-0.3, -0.25) is 4.68 Å². The standard InChI is InChI=1S/C15H29N3O/c1-7-13(8-9-19)16-10-14-11(2)17-18(12(14)3)15(4,5)6/h13,16,19H,7-10H2,1-6H3. The Bertz CT molecular complexity index is 404. The lowest BCUT2D eigenvalue weighted by atomic mass is 10.1. The second-order valence-electron chi connectivity index (χ2n) is 6.23. The van der Waals surface area contributed by atoms with E-state index in [1.165, 1.54) is 11.3 Å². The number of rotatable bonds is 6. The quantitative estimate of drug-likeness (QED) is 0.832. The molecule has 110 valence electrons. The molecule has 0 aliphatic heterocycles. The predicted octanol–water partition coefficient (Wildman–Crippen LogP) is 2.51. The summed E-state index contributed by atoms with van der Waals surface area (Å²) in [7, 11) is 0. The number of nitrogens with one attached hydrogen (secondary N) is 1. The van der Waals surface area contributed by atoms with Crippen LogP contribution in [-0.2, 0) is 12.1 Å². The molecule has 2 N–H and O–H groups in total. The first-order valence-corrected chi connectivity index (χ1v) is 7.21. The fourth-order valence-corrected chi connectivity index (χ4v) is 2.44. The van der Waals surface area contributed by atoms with Crippen LogP contribution < -0.4 is 5.32 Å². The summed E-state index contributed by atoms with van der Waals surface area (Å²) in [5, 5.41) is 17.2. The van der Waals surface area contributed by atoms with Gasteiger partial charge in [-0.25, -0.2) is 0 Å². The van der Waals surface area contributed by atoms with Gasteiger partial charge in [0.1, 0.15) is 0 Å². The van der Waals surface area contributed by atoms with Crippen molar-refractivity contribution >= 4 is 0 Å². The topological polar surface area (TPSA) is 50.1 Å². The van der Waals surface area contributed by atoms with Crippen molar-refractivity contribution in [3.05, 3.63) is 17.0 Å². The highest BCUT2D eigenvalue weighted by Gasteiger charge is 2.20. The molecule has 0 aliphatic carbocycles. The minimum absolute atomic E-state index is 0.0162. The number of aliphatic hydroxyl groups excluding tert-OH is 1. The fourth-order valence-electron chi connectivity index (χ4n) is 2.44. The second-order valence-corrected chi connectivity index (χ2v) is 6.23. The van der Waals surface area contributed by atoms with Crippen LogP contribution >= 0.6 is 0 Å². The molecule has 4 heteroatoms. The largest absolute Gasteiger partial charge is 0.396 e. The Kier molecular flexibility index (Phi) is 5.56. The molecule has 0 bridgehead atoms. The Balaban J connectivity index is 2.82. The average Bonchev–Trinajstić information content (AvgIpc) is 2.60. The van der Waals surface area contributed by atoms with Crippen molar-refractivity contribution in [1.82, 2.24) is 15.1 Å². The van der Waals surface area contributed by atoms with Gasteiger partial charge in [0.2, 0.25) is 0 Å². The average molecular weight is 267 g/mol. The molecular weight excluding hydrogens is 238 g/mol. The van der Waals surface area contributed by atoms with Crippen molar-refractivity contribution in [2.24, 2.45) is 0 Å². The molecule has 0 radical (unpaired) electrons.